The number of hydrogen-bond acceptors (Lipinski definition) is 5. The van der Waals surface area contributed by atoms with Crippen molar-refractivity contribution in [1.82, 2.24) is 15.0 Å². The van der Waals surface area contributed by atoms with Crippen LogP contribution in [0.1, 0.15) is 12.8 Å². The minimum Gasteiger partial charge on any atom is -0.443 e. The molecule has 0 aliphatic heterocycles. The fourth-order valence-corrected chi connectivity index (χ4v) is 2.17. The van der Waals surface area contributed by atoms with E-state index >= 15 is 0 Å². The third kappa shape index (κ3) is 2.35. The quantitative estimate of drug-likeness (QED) is 0.797. The highest BCUT2D eigenvalue weighted by Crippen LogP contribution is 2.30. The number of aromatic nitrogens is 3. The summed E-state index contributed by atoms with van der Waals surface area (Å²) in [7, 11) is 0. The van der Waals surface area contributed by atoms with Crippen LogP contribution in [-0.4, -0.2) is 20.9 Å². The predicted molar refractivity (Wildman–Crippen MR) is 76.4 cm³/mol. The highest BCUT2D eigenvalue weighted by atomic mass is 16.3. The number of pyridine rings is 2. The van der Waals surface area contributed by atoms with Crippen molar-refractivity contribution in [3.8, 4) is 11.3 Å². The molecule has 3 aromatic heterocycles. The molecule has 0 atom stereocenters. The number of carbonyl (C=O) groups is 1. The zero-order chi connectivity index (χ0) is 14.2. The predicted octanol–water partition coefficient (Wildman–Crippen LogP) is 2.63. The van der Waals surface area contributed by atoms with Crippen molar-refractivity contribution in [3.63, 3.8) is 0 Å². The Morgan fingerprint density at radius 2 is 2.10 bits per heavy atom. The minimum absolute atomic E-state index is 0.0428. The van der Waals surface area contributed by atoms with Gasteiger partial charge in [-0.2, -0.15) is 0 Å². The van der Waals surface area contributed by atoms with Gasteiger partial charge < -0.3 is 9.73 Å². The summed E-state index contributed by atoms with van der Waals surface area (Å²) >= 11 is 0. The smallest absolute Gasteiger partial charge is 0.228 e. The molecule has 6 heteroatoms. The largest absolute Gasteiger partial charge is 0.443 e. The van der Waals surface area contributed by atoms with Gasteiger partial charge in [0.2, 0.25) is 5.91 Å². The van der Waals surface area contributed by atoms with Crippen LogP contribution in [0.2, 0.25) is 0 Å². The molecule has 1 fully saturated rings. The molecule has 1 aliphatic carbocycles. The van der Waals surface area contributed by atoms with E-state index in [1.807, 2.05) is 12.1 Å². The Morgan fingerprint density at radius 1 is 1.19 bits per heavy atom. The average Bonchev–Trinajstić information content (AvgIpc) is 3.22. The molecule has 0 bridgehead atoms. The lowest BCUT2D eigenvalue weighted by Gasteiger charge is -2.05. The highest BCUT2D eigenvalue weighted by Gasteiger charge is 2.29. The second-order valence-electron chi connectivity index (χ2n) is 5.12. The molecule has 1 aliphatic rings. The van der Waals surface area contributed by atoms with E-state index in [2.05, 4.69) is 20.3 Å². The van der Waals surface area contributed by atoms with E-state index in [0.717, 1.165) is 29.3 Å². The van der Waals surface area contributed by atoms with E-state index in [-0.39, 0.29) is 11.8 Å². The SMILES string of the molecule is O=C(Nc1cc2cc(-c3cnco3)cnc2cn1)C1CC1. The Kier molecular flexibility index (Phi) is 2.67. The van der Waals surface area contributed by atoms with E-state index in [1.54, 1.807) is 18.6 Å². The monoisotopic (exact) mass is 280 g/mol. The number of amides is 1. The Bertz CT molecular complexity index is 810. The van der Waals surface area contributed by atoms with Crippen molar-refractivity contribution in [1.29, 1.82) is 0 Å². The van der Waals surface area contributed by atoms with Crippen LogP contribution >= 0.6 is 0 Å². The van der Waals surface area contributed by atoms with Crippen LogP contribution in [-0.2, 0) is 4.79 Å². The van der Waals surface area contributed by atoms with E-state index < -0.39 is 0 Å². The number of nitrogens with one attached hydrogen (secondary N) is 1. The number of anilines is 1. The van der Waals surface area contributed by atoms with Crippen LogP contribution in [0.4, 0.5) is 5.82 Å². The molecular weight excluding hydrogens is 268 g/mol. The van der Waals surface area contributed by atoms with Crippen LogP contribution in [0.25, 0.3) is 22.2 Å². The molecular formula is C15H12N4O2. The molecule has 1 saturated carbocycles. The molecule has 0 spiro atoms. The van der Waals surface area contributed by atoms with Gasteiger partial charge in [0.1, 0.15) is 5.82 Å². The van der Waals surface area contributed by atoms with E-state index in [0.29, 0.717) is 11.6 Å². The van der Waals surface area contributed by atoms with Crippen molar-refractivity contribution >= 4 is 22.6 Å². The number of oxazole rings is 1. The Morgan fingerprint density at radius 3 is 2.86 bits per heavy atom. The molecule has 4 rings (SSSR count). The molecule has 0 saturated heterocycles. The van der Waals surface area contributed by atoms with E-state index in [4.69, 9.17) is 4.42 Å². The van der Waals surface area contributed by atoms with Gasteiger partial charge in [0, 0.05) is 23.1 Å². The van der Waals surface area contributed by atoms with Crippen LogP contribution in [0.3, 0.4) is 0 Å². The molecule has 6 nitrogen and oxygen atoms in total. The van der Waals surface area contributed by atoms with Crippen molar-refractivity contribution in [2.75, 3.05) is 5.32 Å². The van der Waals surface area contributed by atoms with Crippen LogP contribution in [0, 0.1) is 5.92 Å². The Balaban J connectivity index is 1.69. The standard InChI is InChI=1S/C15H12N4O2/c20-15(9-1-2-9)19-14-4-10-3-11(13-7-16-8-21-13)5-17-12(10)6-18-14/h3-9H,1-2H2,(H,18,19,20). The molecule has 1 amide bonds. The zero-order valence-corrected chi connectivity index (χ0v) is 11.1. The minimum atomic E-state index is 0.0428. The van der Waals surface area contributed by atoms with Gasteiger partial charge in [-0.1, -0.05) is 0 Å². The molecule has 0 aromatic carbocycles. The first kappa shape index (κ1) is 12.0. The van der Waals surface area contributed by atoms with Gasteiger partial charge in [-0.15, -0.1) is 0 Å². The third-order valence-corrected chi connectivity index (χ3v) is 3.48. The Hall–Kier alpha value is -2.76. The molecule has 21 heavy (non-hydrogen) atoms. The first-order chi connectivity index (χ1) is 10.3. The molecule has 3 aromatic rings. The molecule has 0 unspecified atom stereocenters. The zero-order valence-electron chi connectivity index (χ0n) is 11.1. The van der Waals surface area contributed by atoms with Crippen LogP contribution in [0.5, 0.6) is 0 Å². The van der Waals surface area contributed by atoms with E-state index in [9.17, 15) is 4.79 Å². The molecule has 1 N–H and O–H groups in total. The number of carbonyl (C=O) groups excluding carboxylic acids is 1. The lowest BCUT2D eigenvalue weighted by atomic mass is 10.1. The first-order valence-electron chi connectivity index (χ1n) is 6.75. The maximum atomic E-state index is 11.8. The lowest BCUT2D eigenvalue weighted by molar-refractivity contribution is -0.117. The summed E-state index contributed by atoms with van der Waals surface area (Å²) in [6.45, 7) is 0. The van der Waals surface area contributed by atoms with Crippen LogP contribution in [0.15, 0.2) is 41.5 Å². The summed E-state index contributed by atoms with van der Waals surface area (Å²) in [5, 5.41) is 3.73. The fraction of sp³-hybridized carbons (Fsp3) is 0.200. The summed E-state index contributed by atoms with van der Waals surface area (Å²) in [4.78, 5) is 24.2. The van der Waals surface area contributed by atoms with Crippen molar-refractivity contribution in [2.45, 2.75) is 12.8 Å². The second kappa shape index (κ2) is 4.66. The highest BCUT2D eigenvalue weighted by molar-refractivity contribution is 5.95. The number of hydrogen-bond donors (Lipinski definition) is 1. The van der Waals surface area contributed by atoms with Crippen molar-refractivity contribution < 1.29 is 9.21 Å². The molecule has 104 valence electrons. The first-order valence-corrected chi connectivity index (χ1v) is 6.75. The van der Waals surface area contributed by atoms with Crippen molar-refractivity contribution in [2.24, 2.45) is 5.92 Å². The Labute approximate surface area is 120 Å². The molecule has 0 radical (unpaired) electrons. The fourth-order valence-electron chi connectivity index (χ4n) is 2.17. The maximum Gasteiger partial charge on any atom is 0.228 e. The van der Waals surface area contributed by atoms with Gasteiger partial charge in [-0.25, -0.2) is 9.97 Å². The lowest BCUT2D eigenvalue weighted by Crippen LogP contribution is -2.14. The number of nitrogens with zero attached hydrogens (tertiary/aromatic N) is 3. The number of fused-ring (bicyclic) bond motifs is 1. The topological polar surface area (TPSA) is 80.9 Å². The summed E-state index contributed by atoms with van der Waals surface area (Å²) in [6, 6.07) is 3.76. The third-order valence-electron chi connectivity index (χ3n) is 3.48. The normalized spacial score (nSPS) is 14.3. The van der Waals surface area contributed by atoms with Gasteiger partial charge in [0.05, 0.1) is 17.9 Å². The summed E-state index contributed by atoms with van der Waals surface area (Å²) in [5.74, 6) is 1.41. The summed E-state index contributed by atoms with van der Waals surface area (Å²) in [6.07, 6.45) is 8.33. The van der Waals surface area contributed by atoms with Gasteiger partial charge in [0.25, 0.3) is 0 Å². The average molecular weight is 280 g/mol. The number of rotatable bonds is 3. The van der Waals surface area contributed by atoms with Gasteiger partial charge in [-0.05, 0) is 25.0 Å². The summed E-state index contributed by atoms with van der Waals surface area (Å²) < 4.78 is 5.27. The van der Waals surface area contributed by atoms with Gasteiger partial charge in [0.15, 0.2) is 12.2 Å². The van der Waals surface area contributed by atoms with Crippen molar-refractivity contribution in [3.05, 3.63) is 37.1 Å². The van der Waals surface area contributed by atoms with Crippen LogP contribution < -0.4 is 5.32 Å². The van der Waals surface area contributed by atoms with Gasteiger partial charge >= 0.3 is 0 Å². The maximum absolute atomic E-state index is 11.8. The summed E-state index contributed by atoms with van der Waals surface area (Å²) in [5.41, 5.74) is 1.60. The second-order valence-corrected chi connectivity index (χ2v) is 5.12. The van der Waals surface area contributed by atoms with E-state index in [1.165, 1.54) is 6.39 Å². The molecule has 3 heterocycles. The van der Waals surface area contributed by atoms with Gasteiger partial charge in [-0.3, -0.25) is 9.78 Å².